The third-order valence-corrected chi connectivity index (χ3v) is 7.34. The monoisotopic (exact) mass is 530 g/mol. The lowest BCUT2D eigenvalue weighted by Gasteiger charge is -2.38. The van der Waals surface area contributed by atoms with Crippen LogP contribution in [0.15, 0.2) is 66.7 Å². The van der Waals surface area contributed by atoms with Gasteiger partial charge in [0.2, 0.25) is 11.8 Å². The SMILES string of the molecule is CONC(=O)Cc1ccc(Oc2ccc(CN3CCC(N4C(=O)OC[C@H]4c4ccccc4)CC3)c(C)n2)cc1. The molecule has 0 aliphatic carbocycles. The van der Waals surface area contributed by atoms with Crippen LogP contribution in [0.2, 0.25) is 0 Å². The number of pyridine rings is 1. The van der Waals surface area contributed by atoms with Crippen molar-refractivity contribution < 1.29 is 23.9 Å². The Labute approximate surface area is 228 Å². The summed E-state index contributed by atoms with van der Waals surface area (Å²) in [5.74, 6) is 0.972. The maximum Gasteiger partial charge on any atom is 0.410 e. The number of aryl methyl sites for hydroxylation is 1. The molecule has 3 heterocycles. The lowest BCUT2D eigenvalue weighted by Crippen LogP contribution is -2.46. The first kappa shape index (κ1) is 26.6. The van der Waals surface area contributed by atoms with Gasteiger partial charge in [0.15, 0.2) is 0 Å². The fourth-order valence-corrected chi connectivity index (χ4v) is 5.29. The van der Waals surface area contributed by atoms with Crippen molar-refractivity contribution in [2.24, 2.45) is 0 Å². The number of benzene rings is 2. The van der Waals surface area contributed by atoms with Crippen LogP contribution in [0.3, 0.4) is 0 Å². The standard InChI is InChI=1S/C30H34N4O5/c1-21-24(10-13-29(31-21)39-26-11-8-22(9-12-26)18-28(35)32-37-2)19-33-16-14-25(15-17-33)34-27(20-38-30(34)36)23-6-4-3-5-7-23/h3-13,25,27H,14-20H2,1-2H3,(H,32,35)/t27-/m0/s1. The average molecular weight is 531 g/mol. The molecular formula is C30H34N4O5. The molecule has 2 fully saturated rings. The highest BCUT2D eigenvalue weighted by molar-refractivity contribution is 5.77. The summed E-state index contributed by atoms with van der Waals surface area (Å²) in [5, 5.41) is 0. The van der Waals surface area contributed by atoms with E-state index in [1.165, 1.54) is 7.11 Å². The quantitative estimate of drug-likeness (QED) is 0.406. The zero-order chi connectivity index (χ0) is 27.2. The van der Waals surface area contributed by atoms with Gasteiger partial charge in [0, 0.05) is 37.4 Å². The summed E-state index contributed by atoms with van der Waals surface area (Å²) in [6, 6.07) is 21.6. The average Bonchev–Trinajstić information content (AvgIpc) is 3.33. The number of carbonyl (C=O) groups is 2. The largest absolute Gasteiger partial charge is 0.447 e. The van der Waals surface area contributed by atoms with Crippen LogP contribution in [-0.2, 0) is 27.3 Å². The Hall–Kier alpha value is -3.95. The second-order valence-electron chi connectivity index (χ2n) is 9.96. The van der Waals surface area contributed by atoms with Gasteiger partial charge in [-0.15, -0.1) is 0 Å². The molecule has 5 rings (SSSR count). The Bertz CT molecular complexity index is 1280. The number of ether oxygens (including phenoxy) is 2. The molecule has 0 spiro atoms. The summed E-state index contributed by atoms with van der Waals surface area (Å²) in [5.41, 5.74) is 6.37. The molecular weight excluding hydrogens is 496 g/mol. The van der Waals surface area contributed by atoms with Gasteiger partial charge in [0.25, 0.3) is 0 Å². The summed E-state index contributed by atoms with van der Waals surface area (Å²) in [4.78, 5) is 37.9. The number of cyclic esters (lactones) is 1. The molecule has 0 saturated carbocycles. The summed E-state index contributed by atoms with van der Waals surface area (Å²) >= 11 is 0. The minimum atomic E-state index is -0.210. The van der Waals surface area contributed by atoms with E-state index < -0.39 is 0 Å². The third kappa shape index (κ3) is 6.55. The van der Waals surface area contributed by atoms with Gasteiger partial charge in [0.1, 0.15) is 12.4 Å². The third-order valence-electron chi connectivity index (χ3n) is 7.34. The van der Waals surface area contributed by atoms with E-state index in [2.05, 4.69) is 38.4 Å². The highest BCUT2D eigenvalue weighted by Crippen LogP contribution is 2.33. The molecule has 3 aromatic rings. The Morgan fingerprint density at radius 2 is 1.79 bits per heavy atom. The highest BCUT2D eigenvalue weighted by Gasteiger charge is 2.40. The van der Waals surface area contributed by atoms with E-state index in [-0.39, 0.29) is 30.5 Å². The summed E-state index contributed by atoms with van der Waals surface area (Å²) in [6.07, 6.45) is 1.85. The molecule has 2 amide bonds. The van der Waals surface area contributed by atoms with Gasteiger partial charge >= 0.3 is 6.09 Å². The molecule has 1 N–H and O–H groups in total. The minimum absolute atomic E-state index is 0.0133. The van der Waals surface area contributed by atoms with Crippen molar-refractivity contribution in [2.45, 2.75) is 44.8 Å². The van der Waals surface area contributed by atoms with Gasteiger partial charge in [-0.1, -0.05) is 48.5 Å². The number of carbonyl (C=O) groups excluding carboxylic acids is 2. The van der Waals surface area contributed by atoms with E-state index in [0.717, 1.165) is 54.9 Å². The molecule has 0 bridgehead atoms. The van der Waals surface area contributed by atoms with Crippen molar-refractivity contribution in [3.63, 3.8) is 0 Å². The summed E-state index contributed by atoms with van der Waals surface area (Å²) in [6.45, 7) is 5.02. The van der Waals surface area contributed by atoms with Crippen molar-refractivity contribution in [2.75, 3.05) is 26.8 Å². The van der Waals surface area contributed by atoms with Gasteiger partial charge in [0.05, 0.1) is 19.6 Å². The van der Waals surface area contributed by atoms with Crippen molar-refractivity contribution in [1.82, 2.24) is 20.3 Å². The van der Waals surface area contributed by atoms with Crippen LogP contribution in [0.25, 0.3) is 0 Å². The highest BCUT2D eigenvalue weighted by atomic mass is 16.6. The number of hydroxylamine groups is 1. The zero-order valence-electron chi connectivity index (χ0n) is 22.3. The van der Waals surface area contributed by atoms with Crippen LogP contribution in [0, 0.1) is 6.92 Å². The summed E-state index contributed by atoms with van der Waals surface area (Å²) in [7, 11) is 1.41. The molecule has 204 valence electrons. The predicted octanol–water partition coefficient (Wildman–Crippen LogP) is 4.56. The molecule has 9 nitrogen and oxygen atoms in total. The molecule has 2 aromatic carbocycles. The first-order valence-electron chi connectivity index (χ1n) is 13.3. The Balaban J connectivity index is 1.14. The molecule has 2 saturated heterocycles. The molecule has 2 aliphatic heterocycles. The van der Waals surface area contributed by atoms with Crippen LogP contribution < -0.4 is 10.2 Å². The number of hydrogen-bond acceptors (Lipinski definition) is 7. The van der Waals surface area contributed by atoms with Crippen LogP contribution in [0.5, 0.6) is 11.6 Å². The second kappa shape index (κ2) is 12.3. The topological polar surface area (TPSA) is 93.2 Å². The zero-order valence-corrected chi connectivity index (χ0v) is 22.3. The molecule has 2 aliphatic rings. The second-order valence-corrected chi connectivity index (χ2v) is 9.96. The fourth-order valence-electron chi connectivity index (χ4n) is 5.29. The van der Waals surface area contributed by atoms with E-state index in [1.807, 2.05) is 60.4 Å². The molecule has 0 unspecified atom stereocenters. The number of nitrogens with zero attached hydrogens (tertiary/aromatic N) is 3. The van der Waals surface area contributed by atoms with Gasteiger partial charge in [-0.25, -0.2) is 15.3 Å². The predicted molar refractivity (Wildman–Crippen MR) is 145 cm³/mol. The number of rotatable bonds is 9. The Morgan fingerprint density at radius 3 is 2.49 bits per heavy atom. The lowest BCUT2D eigenvalue weighted by molar-refractivity contribution is -0.130. The van der Waals surface area contributed by atoms with Gasteiger partial charge in [-0.3, -0.25) is 19.4 Å². The maximum atomic E-state index is 12.6. The summed E-state index contributed by atoms with van der Waals surface area (Å²) < 4.78 is 11.4. The van der Waals surface area contributed by atoms with Crippen molar-refractivity contribution in [3.8, 4) is 11.6 Å². The van der Waals surface area contributed by atoms with E-state index in [0.29, 0.717) is 18.2 Å². The first-order valence-corrected chi connectivity index (χ1v) is 13.3. The number of nitrogens with one attached hydrogen (secondary N) is 1. The normalized spacial score (nSPS) is 18.2. The van der Waals surface area contributed by atoms with Gasteiger partial charge < -0.3 is 9.47 Å². The lowest BCUT2D eigenvalue weighted by atomic mass is 9.98. The molecule has 1 aromatic heterocycles. The van der Waals surface area contributed by atoms with E-state index in [9.17, 15) is 9.59 Å². The van der Waals surface area contributed by atoms with Gasteiger partial charge in [-0.2, -0.15) is 0 Å². The first-order chi connectivity index (χ1) is 19.0. The molecule has 0 radical (unpaired) electrons. The van der Waals surface area contributed by atoms with Crippen LogP contribution >= 0.6 is 0 Å². The van der Waals surface area contributed by atoms with E-state index in [1.54, 1.807) is 0 Å². The number of aromatic nitrogens is 1. The number of piperidine rings is 1. The minimum Gasteiger partial charge on any atom is -0.447 e. The van der Waals surface area contributed by atoms with Crippen molar-refractivity contribution in [1.29, 1.82) is 0 Å². The number of hydrogen-bond donors (Lipinski definition) is 1. The van der Waals surface area contributed by atoms with Crippen LogP contribution in [0.4, 0.5) is 4.79 Å². The van der Waals surface area contributed by atoms with Crippen LogP contribution in [0.1, 0.15) is 41.3 Å². The molecule has 1 atom stereocenters. The Kier molecular flexibility index (Phi) is 8.39. The van der Waals surface area contributed by atoms with E-state index >= 15 is 0 Å². The number of amides is 2. The van der Waals surface area contributed by atoms with Crippen molar-refractivity contribution in [3.05, 3.63) is 89.1 Å². The number of likely N-dealkylation sites (tertiary alicyclic amines) is 1. The molecule has 9 heteroatoms. The van der Waals surface area contributed by atoms with E-state index in [4.69, 9.17) is 9.47 Å². The Morgan fingerprint density at radius 1 is 1.05 bits per heavy atom. The molecule has 39 heavy (non-hydrogen) atoms. The smallest absolute Gasteiger partial charge is 0.410 e. The fraction of sp³-hybridized carbons (Fsp3) is 0.367. The maximum absolute atomic E-state index is 12.6. The van der Waals surface area contributed by atoms with Crippen LogP contribution in [-0.4, -0.2) is 59.6 Å². The van der Waals surface area contributed by atoms with Crippen molar-refractivity contribution >= 4 is 12.0 Å². The van der Waals surface area contributed by atoms with Gasteiger partial charge in [-0.05, 0) is 48.6 Å².